The summed E-state index contributed by atoms with van der Waals surface area (Å²) < 4.78 is 11.8. The maximum atomic E-state index is 13.3. The van der Waals surface area contributed by atoms with Gasteiger partial charge in [-0.05, 0) is 76.9 Å². The summed E-state index contributed by atoms with van der Waals surface area (Å²) in [4.78, 5) is 41.2. The van der Waals surface area contributed by atoms with Crippen LogP contribution in [0.25, 0.3) is 22.2 Å². The summed E-state index contributed by atoms with van der Waals surface area (Å²) in [5.74, 6) is -0.230. The molecule has 1 heterocycles. The van der Waals surface area contributed by atoms with Gasteiger partial charge in [0, 0.05) is 33.1 Å². The van der Waals surface area contributed by atoms with E-state index < -0.39 is 23.3 Å². The van der Waals surface area contributed by atoms with Crippen LogP contribution in [0.15, 0.2) is 95.5 Å². The molecule has 5 rings (SSSR count). The van der Waals surface area contributed by atoms with Gasteiger partial charge in [-0.3, -0.25) is 14.9 Å². The van der Waals surface area contributed by atoms with Crippen molar-refractivity contribution in [2.24, 2.45) is 0 Å². The number of hydrogen-bond acceptors (Lipinski definition) is 7. The van der Waals surface area contributed by atoms with Gasteiger partial charge in [0.15, 0.2) is 12.4 Å². The van der Waals surface area contributed by atoms with Crippen LogP contribution in [-0.2, 0) is 4.74 Å². The molecule has 0 bridgehead atoms. The van der Waals surface area contributed by atoms with Gasteiger partial charge in [-0.2, -0.15) is 0 Å². The van der Waals surface area contributed by atoms with Crippen LogP contribution in [0.2, 0.25) is 5.02 Å². The molecule has 0 atom stereocenters. The summed E-state index contributed by atoms with van der Waals surface area (Å²) >= 11 is 9.89. The maximum Gasteiger partial charge on any atom is 0.339 e. The topological polar surface area (TPSA) is 109 Å². The zero-order valence-corrected chi connectivity index (χ0v) is 23.8. The lowest BCUT2D eigenvalue weighted by molar-refractivity contribution is -0.384. The van der Waals surface area contributed by atoms with E-state index in [-0.39, 0.29) is 11.3 Å². The van der Waals surface area contributed by atoms with Crippen LogP contribution in [0.4, 0.5) is 5.69 Å². The van der Waals surface area contributed by atoms with E-state index in [1.165, 1.54) is 24.3 Å². The molecular weight excluding hydrogens is 612 g/mol. The molecule has 0 amide bonds. The molecule has 4 aromatic carbocycles. The smallest absolute Gasteiger partial charge is 0.339 e. The zero-order valence-electron chi connectivity index (χ0n) is 21.5. The fraction of sp³-hybridized carbons (Fsp3) is 0.0645. The molecule has 0 N–H and O–H groups in total. The Balaban J connectivity index is 1.33. The first-order valence-corrected chi connectivity index (χ1v) is 13.5. The number of benzene rings is 4. The van der Waals surface area contributed by atoms with Crippen molar-refractivity contribution in [3.05, 3.63) is 127 Å². The standard InChI is InChI=1S/C31H20BrClN2O6/c1-18-29(33)26(32)15-24-25(16-27(34-30(18)24)19-5-3-2-4-6-19)31(37)40-17-28(36)20-7-11-22(12-8-20)41-23-13-9-21(10-14-23)35(38)39/h2-16H,17H2,1H3. The molecular formula is C31H20BrClN2O6. The largest absolute Gasteiger partial charge is 0.457 e. The van der Waals surface area contributed by atoms with E-state index >= 15 is 0 Å². The van der Waals surface area contributed by atoms with Crippen molar-refractivity contribution in [1.29, 1.82) is 0 Å². The number of fused-ring (bicyclic) bond motifs is 1. The number of halogens is 2. The van der Waals surface area contributed by atoms with Crippen molar-refractivity contribution in [1.82, 2.24) is 4.98 Å². The van der Waals surface area contributed by atoms with Gasteiger partial charge in [-0.25, -0.2) is 9.78 Å². The van der Waals surface area contributed by atoms with E-state index in [2.05, 4.69) is 15.9 Å². The number of ketones is 1. The highest BCUT2D eigenvalue weighted by atomic mass is 79.9. The summed E-state index contributed by atoms with van der Waals surface area (Å²) in [5, 5.41) is 11.8. The van der Waals surface area contributed by atoms with Crippen molar-refractivity contribution in [3.8, 4) is 22.8 Å². The molecule has 204 valence electrons. The average Bonchev–Trinajstić information content (AvgIpc) is 2.99. The quantitative estimate of drug-likeness (QED) is 0.0732. The highest BCUT2D eigenvalue weighted by Crippen LogP contribution is 2.35. The van der Waals surface area contributed by atoms with Gasteiger partial charge in [0.25, 0.3) is 5.69 Å². The molecule has 0 aliphatic heterocycles. The highest BCUT2D eigenvalue weighted by molar-refractivity contribution is 9.10. The molecule has 5 aromatic rings. The Morgan fingerprint density at radius 3 is 2.22 bits per heavy atom. The molecule has 0 unspecified atom stereocenters. The van der Waals surface area contributed by atoms with E-state index in [0.29, 0.717) is 48.7 Å². The molecule has 8 nitrogen and oxygen atoms in total. The van der Waals surface area contributed by atoms with Crippen LogP contribution >= 0.6 is 27.5 Å². The number of carbonyl (C=O) groups excluding carboxylic acids is 2. The molecule has 0 fully saturated rings. The first kappa shape index (κ1) is 27.9. The molecule has 0 aliphatic carbocycles. The fourth-order valence-corrected chi connectivity index (χ4v) is 4.83. The van der Waals surface area contributed by atoms with E-state index in [1.807, 2.05) is 37.3 Å². The zero-order chi connectivity index (χ0) is 29.1. The monoisotopic (exact) mass is 630 g/mol. The van der Waals surface area contributed by atoms with Gasteiger partial charge < -0.3 is 9.47 Å². The second kappa shape index (κ2) is 11.9. The molecule has 0 spiro atoms. The lowest BCUT2D eigenvalue weighted by Crippen LogP contribution is -2.15. The summed E-state index contributed by atoms with van der Waals surface area (Å²) in [6.45, 7) is 1.35. The number of carbonyl (C=O) groups is 2. The van der Waals surface area contributed by atoms with E-state index in [9.17, 15) is 19.7 Å². The third-order valence-electron chi connectivity index (χ3n) is 6.31. The Hall–Kier alpha value is -4.60. The molecule has 41 heavy (non-hydrogen) atoms. The number of nitro benzene ring substituents is 1. The summed E-state index contributed by atoms with van der Waals surface area (Å²) in [7, 11) is 0. The van der Waals surface area contributed by atoms with Gasteiger partial charge in [0.1, 0.15) is 11.5 Å². The molecule has 10 heteroatoms. The van der Waals surface area contributed by atoms with Crippen molar-refractivity contribution in [2.75, 3.05) is 6.61 Å². The van der Waals surface area contributed by atoms with Crippen molar-refractivity contribution < 1.29 is 24.0 Å². The minimum Gasteiger partial charge on any atom is -0.457 e. The summed E-state index contributed by atoms with van der Waals surface area (Å²) in [5.41, 5.74) is 3.18. The number of Topliss-reactive ketones (excluding diaryl/α,β-unsaturated/α-hetero) is 1. The number of nitrogens with zero attached hydrogens (tertiary/aromatic N) is 2. The lowest BCUT2D eigenvalue weighted by atomic mass is 10.0. The minimum atomic E-state index is -0.672. The second-order valence-electron chi connectivity index (χ2n) is 8.99. The number of rotatable bonds is 8. The third kappa shape index (κ3) is 6.11. The number of non-ortho nitro benzene ring substituents is 1. The summed E-state index contributed by atoms with van der Waals surface area (Å²) in [6, 6.07) is 24.7. The maximum absolute atomic E-state index is 13.3. The number of esters is 1. The van der Waals surface area contributed by atoms with Gasteiger partial charge >= 0.3 is 5.97 Å². The van der Waals surface area contributed by atoms with Crippen molar-refractivity contribution >= 4 is 55.9 Å². The Labute approximate surface area is 247 Å². The molecule has 0 saturated heterocycles. The van der Waals surface area contributed by atoms with Gasteiger partial charge in [-0.15, -0.1) is 0 Å². The van der Waals surface area contributed by atoms with Crippen LogP contribution in [0, 0.1) is 17.0 Å². The number of nitro groups is 1. The fourth-order valence-electron chi connectivity index (χ4n) is 4.16. The molecule has 0 saturated carbocycles. The Bertz CT molecular complexity index is 1790. The van der Waals surface area contributed by atoms with E-state index in [1.54, 1.807) is 36.4 Å². The van der Waals surface area contributed by atoms with Crippen LogP contribution < -0.4 is 4.74 Å². The van der Waals surface area contributed by atoms with Crippen LogP contribution in [0.5, 0.6) is 11.5 Å². The van der Waals surface area contributed by atoms with Crippen LogP contribution in [0.3, 0.4) is 0 Å². The summed E-state index contributed by atoms with van der Waals surface area (Å²) in [6.07, 6.45) is 0. The van der Waals surface area contributed by atoms with Crippen LogP contribution in [-0.4, -0.2) is 28.3 Å². The molecule has 0 aliphatic rings. The highest BCUT2D eigenvalue weighted by Gasteiger charge is 2.20. The number of hydrogen-bond donors (Lipinski definition) is 0. The predicted octanol–water partition coefficient (Wildman–Crippen LogP) is 8.37. The second-order valence-corrected chi connectivity index (χ2v) is 10.2. The van der Waals surface area contributed by atoms with Crippen molar-refractivity contribution in [2.45, 2.75) is 6.92 Å². The van der Waals surface area contributed by atoms with Gasteiger partial charge in [0.2, 0.25) is 0 Å². The Kier molecular flexibility index (Phi) is 8.09. The van der Waals surface area contributed by atoms with E-state index in [0.717, 1.165) is 5.56 Å². The number of aromatic nitrogens is 1. The van der Waals surface area contributed by atoms with Crippen molar-refractivity contribution in [3.63, 3.8) is 0 Å². The van der Waals surface area contributed by atoms with E-state index in [4.69, 9.17) is 26.1 Å². The van der Waals surface area contributed by atoms with Gasteiger partial charge in [-0.1, -0.05) is 41.9 Å². The van der Waals surface area contributed by atoms with Crippen LogP contribution in [0.1, 0.15) is 26.3 Å². The lowest BCUT2D eigenvalue weighted by Gasteiger charge is -2.13. The normalized spacial score (nSPS) is 10.8. The Morgan fingerprint density at radius 1 is 0.951 bits per heavy atom. The average molecular weight is 632 g/mol. The first-order chi connectivity index (χ1) is 19.7. The SMILES string of the molecule is Cc1c(Cl)c(Br)cc2c(C(=O)OCC(=O)c3ccc(Oc4ccc([N+](=O)[O-])cc4)cc3)cc(-c3ccccc3)nc12. The number of pyridine rings is 1. The first-order valence-electron chi connectivity index (χ1n) is 12.3. The predicted molar refractivity (Wildman–Crippen MR) is 159 cm³/mol. The Morgan fingerprint density at radius 2 is 1.59 bits per heavy atom. The van der Waals surface area contributed by atoms with Gasteiger partial charge in [0.05, 0.1) is 26.7 Å². The molecule has 1 aromatic heterocycles. The molecule has 0 radical (unpaired) electrons. The number of aryl methyl sites for hydroxylation is 1. The number of ether oxygens (including phenoxy) is 2. The third-order valence-corrected chi connectivity index (χ3v) is 7.65. The minimum absolute atomic E-state index is 0.0459.